The summed E-state index contributed by atoms with van der Waals surface area (Å²) < 4.78 is 0. The summed E-state index contributed by atoms with van der Waals surface area (Å²) in [5.41, 5.74) is 8.01. The first-order chi connectivity index (χ1) is 10.3. The Labute approximate surface area is 127 Å². The summed E-state index contributed by atoms with van der Waals surface area (Å²) in [6.45, 7) is 0.770. The van der Waals surface area contributed by atoms with Crippen LogP contribution in [0.2, 0.25) is 0 Å². The number of amides is 1. The largest absolute Gasteiger partial charge is 0.381 e. The van der Waals surface area contributed by atoms with Gasteiger partial charge in [-0.2, -0.15) is 0 Å². The molecule has 1 aromatic heterocycles. The van der Waals surface area contributed by atoms with Crippen LogP contribution < -0.4 is 10.6 Å². The van der Waals surface area contributed by atoms with Gasteiger partial charge in [0.25, 0.3) is 0 Å². The molecule has 0 atom stereocenters. The van der Waals surface area contributed by atoms with Gasteiger partial charge in [-0.25, -0.2) is 9.97 Å². The minimum Gasteiger partial charge on any atom is -0.381 e. The normalized spacial score (nSPS) is 13.8. The lowest BCUT2D eigenvalue weighted by Gasteiger charge is -2.29. The number of carbonyl (C=O) groups excluding carboxylic acids is 1. The second-order valence-corrected chi connectivity index (χ2v) is 5.78. The first kappa shape index (κ1) is 13.9. The Morgan fingerprint density at radius 1 is 1.29 bits per heavy atom. The van der Waals surface area contributed by atoms with Gasteiger partial charge in [0, 0.05) is 24.6 Å². The molecule has 0 saturated heterocycles. The number of para-hydroxylation sites is 1. The smallest absolute Gasteiger partial charge is 0.237 e. The maximum absolute atomic E-state index is 12.5. The molecule has 0 saturated carbocycles. The van der Waals surface area contributed by atoms with E-state index < -0.39 is 0 Å². The average molecular weight is 300 g/mol. The van der Waals surface area contributed by atoms with Gasteiger partial charge in [0.05, 0.1) is 5.75 Å². The third kappa shape index (κ3) is 3.00. The van der Waals surface area contributed by atoms with Gasteiger partial charge >= 0.3 is 0 Å². The van der Waals surface area contributed by atoms with Gasteiger partial charge in [-0.15, -0.1) is 0 Å². The quantitative estimate of drug-likeness (QED) is 0.879. The van der Waals surface area contributed by atoms with Crippen LogP contribution in [-0.4, -0.2) is 28.2 Å². The Morgan fingerprint density at radius 3 is 2.95 bits per heavy atom. The van der Waals surface area contributed by atoms with Crippen molar-refractivity contribution in [3.8, 4) is 0 Å². The fourth-order valence-electron chi connectivity index (χ4n) is 2.45. The minimum atomic E-state index is 0.0807. The van der Waals surface area contributed by atoms with Gasteiger partial charge in [-0.1, -0.05) is 30.0 Å². The standard InChI is InChI=1S/C15H16N4OS/c16-14-15(18-8-7-17-14)21-10-13(20)19-9-3-5-11-4-1-2-6-12(11)19/h1-2,4,6-8H,3,5,9-10H2,(H2,16,17). The molecule has 2 N–H and O–H groups in total. The van der Waals surface area contributed by atoms with Crippen LogP contribution in [0.5, 0.6) is 0 Å². The summed E-state index contributed by atoms with van der Waals surface area (Å²) in [5, 5.41) is 0.608. The predicted molar refractivity (Wildman–Crippen MR) is 84.3 cm³/mol. The van der Waals surface area contributed by atoms with Gasteiger partial charge < -0.3 is 10.6 Å². The highest BCUT2D eigenvalue weighted by Gasteiger charge is 2.22. The second kappa shape index (κ2) is 6.13. The first-order valence-corrected chi connectivity index (χ1v) is 7.82. The minimum absolute atomic E-state index is 0.0807. The highest BCUT2D eigenvalue weighted by Crippen LogP contribution is 2.28. The van der Waals surface area contributed by atoms with E-state index in [0.717, 1.165) is 25.1 Å². The summed E-state index contributed by atoms with van der Waals surface area (Å²) in [5.74, 6) is 0.767. The molecule has 0 radical (unpaired) electrons. The summed E-state index contributed by atoms with van der Waals surface area (Å²) in [6.07, 6.45) is 5.16. The number of aryl methyl sites for hydroxylation is 1. The fraction of sp³-hybridized carbons (Fsp3) is 0.267. The zero-order valence-electron chi connectivity index (χ0n) is 11.5. The molecule has 5 nitrogen and oxygen atoms in total. The third-order valence-corrected chi connectivity index (χ3v) is 4.41. The van der Waals surface area contributed by atoms with Crippen LogP contribution in [0.1, 0.15) is 12.0 Å². The number of nitrogens with two attached hydrogens (primary N) is 1. The molecule has 1 aliphatic heterocycles. The molecule has 1 amide bonds. The van der Waals surface area contributed by atoms with Crippen LogP contribution in [0.15, 0.2) is 41.7 Å². The molecule has 2 aromatic rings. The van der Waals surface area contributed by atoms with Crippen LogP contribution in [0.25, 0.3) is 0 Å². The molecule has 1 aliphatic rings. The van der Waals surface area contributed by atoms with Gasteiger partial charge in [-0.3, -0.25) is 4.79 Å². The number of nitrogen functional groups attached to an aromatic ring is 1. The number of hydrogen-bond acceptors (Lipinski definition) is 5. The molecular formula is C15H16N4OS. The number of nitrogens with zero attached hydrogens (tertiary/aromatic N) is 3. The first-order valence-electron chi connectivity index (χ1n) is 6.83. The Hall–Kier alpha value is -2.08. The van der Waals surface area contributed by atoms with Crippen LogP contribution in [-0.2, 0) is 11.2 Å². The molecule has 1 aromatic carbocycles. The molecule has 0 fully saturated rings. The van der Waals surface area contributed by atoms with E-state index in [2.05, 4.69) is 16.0 Å². The van der Waals surface area contributed by atoms with Crippen molar-refractivity contribution in [1.82, 2.24) is 9.97 Å². The summed E-state index contributed by atoms with van der Waals surface area (Å²) >= 11 is 1.33. The number of thioether (sulfide) groups is 1. The maximum Gasteiger partial charge on any atom is 0.237 e. The highest BCUT2D eigenvalue weighted by atomic mass is 32.2. The zero-order valence-corrected chi connectivity index (χ0v) is 12.3. The molecule has 0 spiro atoms. The number of aromatic nitrogens is 2. The molecule has 6 heteroatoms. The van der Waals surface area contributed by atoms with Crippen LogP contribution in [0.4, 0.5) is 11.5 Å². The van der Waals surface area contributed by atoms with Crippen LogP contribution in [0, 0.1) is 0 Å². The molecule has 0 unspecified atom stereocenters. The lowest BCUT2D eigenvalue weighted by Crippen LogP contribution is -2.36. The van der Waals surface area contributed by atoms with Crippen molar-refractivity contribution in [1.29, 1.82) is 0 Å². The van der Waals surface area contributed by atoms with E-state index in [1.165, 1.54) is 17.3 Å². The van der Waals surface area contributed by atoms with E-state index in [0.29, 0.717) is 16.6 Å². The van der Waals surface area contributed by atoms with Crippen molar-refractivity contribution in [2.24, 2.45) is 0 Å². The van der Waals surface area contributed by atoms with Gasteiger partial charge in [0.15, 0.2) is 5.82 Å². The zero-order chi connectivity index (χ0) is 14.7. The Balaban J connectivity index is 1.71. The molecule has 0 bridgehead atoms. The Bertz CT molecular complexity index is 662. The van der Waals surface area contributed by atoms with Crippen molar-refractivity contribution in [3.63, 3.8) is 0 Å². The van der Waals surface area contributed by atoms with Crippen molar-refractivity contribution in [2.75, 3.05) is 22.9 Å². The van der Waals surface area contributed by atoms with E-state index in [9.17, 15) is 4.79 Å². The number of rotatable bonds is 3. The summed E-state index contributed by atoms with van der Waals surface area (Å²) in [6, 6.07) is 8.08. The lowest BCUT2D eigenvalue weighted by atomic mass is 10.0. The summed E-state index contributed by atoms with van der Waals surface area (Å²) in [7, 11) is 0. The van der Waals surface area contributed by atoms with Crippen molar-refractivity contribution >= 4 is 29.2 Å². The molecule has 108 valence electrons. The van der Waals surface area contributed by atoms with E-state index >= 15 is 0 Å². The van der Waals surface area contributed by atoms with Gasteiger partial charge in [0.1, 0.15) is 5.03 Å². The number of carbonyl (C=O) groups is 1. The number of anilines is 2. The molecular weight excluding hydrogens is 284 g/mol. The third-order valence-electron chi connectivity index (χ3n) is 3.43. The average Bonchev–Trinajstić information content (AvgIpc) is 2.53. The van der Waals surface area contributed by atoms with Crippen molar-refractivity contribution in [2.45, 2.75) is 17.9 Å². The topological polar surface area (TPSA) is 72.1 Å². The lowest BCUT2D eigenvalue weighted by molar-refractivity contribution is -0.116. The SMILES string of the molecule is Nc1nccnc1SCC(=O)N1CCCc2ccccc21. The van der Waals surface area contributed by atoms with E-state index in [4.69, 9.17) is 5.73 Å². The second-order valence-electron chi connectivity index (χ2n) is 4.81. The summed E-state index contributed by atoms with van der Waals surface area (Å²) in [4.78, 5) is 22.4. The monoisotopic (exact) mass is 300 g/mol. The van der Waals surface area contributed by atoms with Crippen LogP contribution in [0.3, 0.4) is 0 Å². The number of fused-ring (bicyclic) bond motifs is 1. The maximum atomic E-state index is 12.5. The molecule has 21 heavy (non-hydrogen) atoms. The van der Waals surface area contributed by atoms with Gasteiger partial charge in [0.2, 0.25) is 5.91 Å². The molecule has 0 aliphatic carbocycles. The molecule has 2 heterocycles. The number of benzene rings is 1. The van der Waals surface area contributed by atoms with Gasteiger partial charge in [-0.05, 0) is 24.5 Å². The number of hydrogen-bond donors (Lipinski definition) is 1. The van der Waals surface area contributed by atoms with E-state index in [1.54, 1.807) is 12.4 Å². The highest BCUT2D eigenvalue weighted by molar-refractivity contribution is 8.00. The Morgan fingerprint density at radius 2 is 2.10 bits per heavy atom. The van der Waals surface area contributed by atoms with E-state index in [1.807, 2.05) is 23.1 Å². The van der Waals surface area contributed by atoms with Crippen molar-refractivity contribution < 1.29 is 4.79 Å². The van der Waals surface area contributed by atoms with Crippen molar-refractivity contribution in [3.05, 3.63) is 42.2 Å². The predicted octanol–water partition coefficient (Wildman–Crippen LogP) is 2.13. The van der Waals surface area contributed by atoms with E-state index in [-0.39, 0.29) is 5.91 Å². The fourth-order valence-corrected chi connectivity index (χ4v) is 3.20. The Kier molecular flexibility index (Phi) is 4.06. The molecule has 3 rings (SSSR count). The van der Waals surface area contributed by atoms with Crippen LogP contribution >= 0.6 is 11.8 Å².